The molecule has 1 atom stereocenters. The first-order valence-electron chi connectivity index (χ1n) is 9.81. The van der Waals surface area contributed by atoms with E-state index < -0.39 is 21.6 Å². The first-order chi connectivity index (χ1) is 14.9. The number of pyridine rings is 1. The minimum Gasteiger partial charge on any atom is -0.490 e. The molecule has 3 aromatic rings. The minimum atomic E-state index is -3.71. The highest BCUT2D eigenvalue weighted by Crippen LogP contribution is 2.34. The Morgan fingerprint density at radius 1 is 1.10 bits per heavy atom. The molecule has 0 unspecified atom stereocenters. The van der Waals surface area contributed by atoms with Gasteiger partial charge in [0.2, 0.25) is 6.41 Å². The van der Waals surface area contributed by atoms with Crippen LogP contribution in [-0.2, 0) is 20.4 Å². The molecule has 0 saturated heterocycles. The monoisotopic (exact) mass is 442 g/mol. The summed E-state index contributed by atoms with van der Waals surface area (Å²) in [5.74, 6) is 0.268. The first-order valence-corrected chi connectivity index (χ1v) is 11.6. The predicted octanol–water partition coefficient (Wildman–Crippen LogP) is 2.90. The van der Waals surface area contributed by atoms with Gasteiger partial charge in [-0.2, -0.15) is 0 Å². The van der Waals surface area contributed by atoms with Gasteiger partial charge in [-0.25, -0.2) is 13.5 Å². The number of sulfone groups is 1. The maximum atomic E-state index is 12.9. The number of rotatable bonds is 7. The Hall–Kier alpha value is -3.17. The van der Waals surface area contributed by atoms with Gasteiger partial charge in [-0.1, -0.05) is 24.3 Å². The van der Waals surface area contributed by atoms with Crippen LogP contribution in [0.3, 0.4) is 0 Å². The van der Waals surface area contributed by atoms with Crippen molar-refractivity contribution in [1.29, 1.82) is 0 Å². The topological polar surface area (TPSA) is 106 Å². The van der Waals surface area contributed by atoms with Gasteiger partial charge in [-0.3, -0.25) is 15.0 Å². The van der Waals surface area contributed by atoms with Crippen molar-refractivity contribution >= 4 is 27.2 Å². The number of benzene rings is 2. The number of aromatic nitrogens is 1. The van der Waals surface area contributed by atoms with E-state index in [4.69, 9.17) is 9.47 Å². The van der Waals surface area contributed by atoms with E-state index in [1.807, 2.05) is 24.3 Å². The molecule has 1 aliphatic rings. The Kier molecular flexibility index (Phi) is 6.06. The third kappa shape index (κ3) is 4.95. The average molecular weight is 442 g/mol. The van der Waals surface area contributed by atoms with Crippen LogP contribution in [0.1, 0.15) is 23.6 Å². The normalized spacial score (nSPS) is 14.6. The Labute approximate surface area is 179 Å². The van der Waals surface area contributed by atoms with Crippen LogP contribution in [0.4, 0.5) is 0 Å². The molecule has 2 heterocycles. The molecular weight excluding hydrogens is 420 g/mol. The van der Waals surface area contributed by atoms with Crippen molar-refractivity contribution in [3.63, 3.8) is 0 Å². The molecule has 1 aromatic heterocycles. The molecule has 1 N–H and O–H groups in total. The van der Waals surface area contributed by atoms with E-state index in [2.05, 4.69) is 4.98 Å². The van der Waals surface area contributed by atoms with Gasteiger partial charge >= 0.3 is 0 Å². The zero-order valence-corrected chi connectivity index (χ0v) is 17.5. The molecule has 9 heteroatoms. The summed E-state index contributed by atoms with van der Waals surface area (Å²) in [4.78, 5) is 15.6. The van der Waals surface area contributed by atoms with Crippen molar-refractivity contribution in [1.82, 2.24) is 10.0 Å². The quantitative estimate of drug-likeness (QED) is 0.341. The van der Waals surface area contributed by atoms with Crippen molar-refractivity contribution in [3.8, 4) is 11.5 Å². The van der Waals surface area contributed by atoms with Crippen molar-refractivity contribution in [2.24, 2.45) is 0 Å². The number of nitrogens with zero attached hydrogens (tertiary/aromatic N) is 2. The van der Waals surface area contributed by atoms with Crippen LogP contribution in [0.25, 0.3) is 10.9 Å². The molecule has 0 bridgehead atoms. The van der Waals surface area contributed by atoms with Crippen molar-refractivity contribution < 1.29 is 27.9 Å². The second-order valence-corrected chi connectivity index (χ2v) is 9.46. The number of hydrogen-bond acceptors (Lipinski definition) is 7. The molecule has 8 nitrogen and oxygen atoms in total. The second-order valence-electron chi connectivity index (χ2n) is 7.35. The number of amides is 1. The summed E-state index contributed by atoms with van der Waals surface area (Å²) in [6.07, 6.45) is 2.45. The highest BCUT2D eigenvalue weighted by Gasteiger charge is 2.27. The lowest BCUT2D eigenvalue weighted by Crippen LogP contribution is -2.30. The Morgan fingerprint density at radius 3 is 2.68 bits per heavy atom. The lowest BCUT2D eigenvalue weighted by molar-refractivity contribution is -0.158. The fraction of sp³-hybridized carbons (Fsp3) is 0.273. The Bertz CT molecular complexity index is 1200. The van der Waals surface area contributed by atoms with E-state index in [1.165, 1.54) is 6.20 Å². The number of para-hydroxylation sites is 1. The lowest BCUT2D eigenvalue weighted by atomic mass is 10.1. The van der Waals surface area contributed by atoms with Crippen LogP contribution in [0.2, 0.25) is 0 Å². The highest BCUT2D eigenvalue weighted by atomic mass is 32.2. The molecular formula is C22H22N2O6S. The van der Waals surface area contributed by atoms with Crippen molar-refractivity contribution in [3.05, 3.63) is 65.9 Å². The molecule has 31 heavy (non-hydrogen) atoms. The van der Waals surface area contributed by atoms with Crippen LogP contribution < -0.4 is 9.47 Å². The summed E-state index contributed by atoms with van der Waals surface area (Å²) in [5, 5.41) is 11.3. The number of ether oxygens (including phenoxy) is 2. The first kappa shape index (κ1) is 21.1. The van der Waals surface area contributed by atoms with Crippen LogP contribution in [0.5, 0.6) is 11.5 Å². The third-order valence-electron chi connectivity index (χ3n) is 5.03. The van der Waals surface area contributed by atoms with E-state index >= 15 is 0 Å². The SMILES string of the molecule is O=CN(O)[C@H](CS(=O)(=O)Cc1cnc2ccccc2c1)c1ccc2c(c1)OCCCO2. The molecule has 4 rings (SSSR count). The summed E-state index contributed by atoms with van der Waals surface area (Å²) in [7, 11) is -3.71. The molecule has 0 aliphatic carbocycles. The molecule has 0 fully saturated rings. The van der Waals surface area contributed by atoms with Gasteiger partial charge in [0.05, 0.1) is 36.3 Å². The Morgan fingerprint density at radius 2 is 1.87 bits per heavy atom. The molecule has 0 spiro atoms. The van der Waals surface area contributed by atoms with Gasteiger partial charge in [0.1, 0.15) is 0 Å². The number of fused-ring (bicyclic) bond motifs is 2. The van der Waals surface area contributed by atoms with Gasteiger partial charge in [-0.15, -0.1) is 0 Å². The largest absolute Gasteiger partial charge is 0.490 e. The fourth-order valence-corrected chi connectivity index (χ4v) is 5.14. The summed E-state index contributed by atoms with van der Waals surface area (Å²) < 4.78 is 37.1. The third-order valence-corrected chi connectivity index (χ3v) is 6.63. The maximum Gasteiger partial charge on any atom is 0.233 e. The summed E-state index contributed by atoms with van der Waals surface area (Å²) in [6.45, 7) is 0.981. The zero-order valence-electron chi connectivity index (χ0n) is 16.7. The summed E-state index contributed by atoms with van der Waals surface area (Å²) >= 11 is 0. The van der Waals surface area contributed by atoms with Gasteiger partial charge in [0.15, 0.2) is 21.3 Å². The van der Waals surface area contributed by atoms with Crippen LogP contribution in [0.15, 0.2) is 54.7 Å². The molecule has 0 saturated carbocycles. The standard InChI is InChI=1S/C22H22N2O6S/c25-15-24(26)20(18-6-7-21-22(11-18)30-9-3-8-29-21)14-31(27,28)13-16-10-17-4-1-2-5-19(17)23-12-16/h1-2,4-7,10-12,15,20,26H,3,8-9,13-14H2/t20-/m1/s1. The molecule has 1 aliphatic heterocycles. The van der Waals surface area contributed by atoms with Crippen LogP contribution in [-0.4, -0.2) is 49.0 Å². The average Bonchev–Trinajstić information content (AvgIpc) is 3.01. The van der Waals surface area contributed by atoms with Crippen molar-refractivity contribution in [2.45, 2.75) is 18.2 Å². The molecule has 0 radical (unpaired) electrons. The molecule has 162 valence electrons. The molecule has 2 aromatic carbocycles. The second kappa shape index (κ2) is 8.91. The van der Waals surface area contributed by atoms with Gasteiger partial charge < -0.3 is 9.47 Å². The maximum absolute atomic E-state index is 12.9. The summed E-state index contributed by atoms with van der Waals surface area (Å²) in [6, 6.07) is 13.0. The van der Waals surface area contributed by atoms with Gasteiger partial charge in [0.25, 0.3) is 0 Å². The van der Waals surface area contributed by atoms with Crippen LogP contribution >= 0.6 is 0 Å². The number of hydroxylamine groups is 2. The molecule has 1 amide bonds. The van der Waals surface area contributed by atoms with Crippen molar-refractivity contribution in [2.75, 3.05) is 19.0 Å². The fourth-order valence-electron chi connectivity index (χ4n) is 3.53. The number of carbonyl (C=O) groups excluding carboxylic acids is 1. The smallest absolute Gasteiger partial charge is 0.233 e. The lowest BCUT2D eigenvalue weighted by Gasteiger charge is -2.23. The zero-order chi connectivity index (χ0) is 21.8. The van der Waals surface area contributed by atoms with E-state index in [0.717, 1.165) is 17.3 Å². The minimum absolute atomic E-state index is 0.195. The summed E-state index contributed by atoms with van der Waals surface area (Å²) in [5.41, 5.74) is 1.74. The number of hydrogen-bond donors (Lipinski definition) is 1. The highest BCUT2D eigenvalue weighted by molar-refractivity contribution is 7.90. The number of carbonyl (C=O) groups is 1. The van der Waals surface area contributed by atoms with Crippen LogP contribution in [0, 0.1) is 0 Å². The van der Waals surface area contributed by atoms with E-state index in [0.29, 0.717) is 40.9 Å². The van der Waals surface area contributed by atoms with Gasteiger partial charge in [-0.05, 0) is 35.4 Å². The van der Waals surface area contributed by atoms with E-state index in [9.17, 15) is 18.4 Å². The Balaban J connectivity index is 1.59. The predicted molar refractivity (Wildman–Crippen MR) is 114 cm³/mol. The van der Waals surface area contributed by atoms with Gasteiger partial charge in [0, 0.05) is 18.0 Å². The van der Waals surface area contributed by atoms with E-state index in [1.54, 1.807) is 24.3 Å². The van der Waals surface area contributed by atoms with E-state index in [-0.39, 0.29) is 12.2 Å².